The number of hydrogen-bond donors (Lipinski definition) is 1. The van der Waals surface area contributed by atoms with Crippen molar-refractivity contribution in [3.63, 3.8) is 0 Å². The second-order valence-electron chi connectivity index (χ2n) is 7.42. The first-order chi connectivity index (χ1) is 13.8. The van der Waals surface area contributed by atoms with Gasteiger partial charge in [0.2, 0.25) is 0 Å². The molecule has 0 saturated carbocycles. The summed E-state index contributed by atoms with van der Waals surface area (Å²) < 4.78 is 5.74. The van der Waals surface area contributed by atoms with Gasteiger partial charge in [-0.25, -0.2) is 0 Å². The number of carbonyl (C=O) groups excluding carboxylic acids is 1. The van der Waals surface area contributed by atoms with Gasteiger partial charge in [0.05, 0.1) is 12.6 Å². The summed E-state index contributed by atoms with van der Waals surface area (Å²) in [4.78, 5) is 16.6. The van der Waals surface area contributed by atoms with E-state index in [1.807, 2.05) is 24.3 Å². The lowest BCUT2D eigenvalue weighted by atomic mass is 10.1. The van der Waals surface area contributed by atoms with E-state index in [4.69, 9.17) is 4.74 Å². The normalized spacial score (nSPS) is 16.3. The zero-order valence-corrected chi connectivity index (χ0v) is 17.7. The van der Waals surface area contributed by atoms with E-state index in [-0.39, 0.29) is 11.9 Å². The number of thiophene rings is 1. The molecule has 5 heteroatoms. The summed E-state index contributed by atoms with van der Waals surface area (Å²) in [7, 11) is 0. The molecule has 1 atom stereocenters. The topological polar surface area (TPSA) is 41.6 Å². The number of ether oxygens (including phenoxy) is 1. The number of likely N-dealkylation sites (tertiary alicyclic amines) is 1. The number of rotatable bonds is 9. The van der Waals surface area contributed by atoms with Gasteiger partial charge in [-0.3, -0.25) is 9.69 Å². The fraction of sp³-hybridized carbons (Fsp3) is 0.522. The molecule has 0 radical (unpaired) electrons. The minimum absolute atomic E-state index is 0.0303. The van der Waals surface area contributed by atoms with Crippen molar-refractivity contribution in [1.29, 1.82) is 0 Å². The third-order valence-corrected chi connectivity index (χ3v) is 6.25. The van der Waals surface area contributed by atoms with Crippen molar-refractivity contribution in [2.45, 2.75) is 51.5 Å². The highest BCUT2D eigenvalue weighted by molar-refractivity contribution is 7.10. The van der Waals surface area contributed by atoms with Crippen LogP contribution >= 0.6 is 11.3 Å². The van der Waals surface area contributed by atoms with E-state index in [2.05, 4.69) is 34.7 Å². The first-order valence-corrected chi connectivity index (χ1v) is 11.4. The maximum Gasteiger partial charge on any atom is 0.251 e. The summed E-state index contributed by atoms with van der Waals surface area (Å²) in [6.45, 7) is 5.69. The Balaban J connectivity index is 1.62. The number of nitrogens with zero attached hydrogens (tertiary/aromatic N) is 1. The average Bonchev–Trinajstić information content (AvgIpc) is 3.11. The Bertz CT molecular complexity index is 709. The second kappa shape index (κ2) is 11.2. The van der Waals surface area contributed by atoms with Crippen LogP contribution in [0.15, 0.2) is 41.8 Å². The summed E-state index contributed by atoms with van der Waals surface area (Å²) in [5.41, 5.74) is 0.662. The molecule has 28 heavy (non-hydrogen) atoms. The summed E-state index contributed by atoms with van der Waals surface area (Å²) >= 11 is 1.78. The van der Waals surface area contributed by atoms with E-state index in [0.717, 1.165) is 31.7 Å². The highest BCUT2D eigenvalue weighted by atomic mass is 32.1. The smallest absolute Gasteiger partial charge is 0.251 e. The molecule has 0 aliphatic carbocycles. The number of unbranched alkanes of at least 4 members (excludes halogenated alkanes) is 1. The van der Waals surface area contributed by atoms with Crippen molar-refractivity contribution in [2.75, 3.05) is 26.2 Å². The minimum atomic E-state index is -0.0303. The first-order valence-electron chi connectivity index (χ1n) is 10.6. The van der Waals surface area contributed by atoms with Gasteiger partial charge in [0.1, 0.15) is 5.75 Å². The first kappa shape index (κ1) is 20.9. The molecule has 4 nitrogen and oxygen atoms in total. The molecule has 152 valence electrons. The van der Waals surface area contributed by atoms with Crippen molar-refractivity contribution < 1.29 is 9.53 Å². The second-order valence-corrected chi connectivity index (χ2v) is 8.40. The lowest BCUT2D eigenvalue weighted by molar-refractivity contribution is 0.0933. The average molecular weight is 401 g/mol. The monoisotopic (exact) mass is 400 g/mol. The third kappa shape index (κ3) is 6.08. The van der Waals surface area contributed by atoms with Gasteiger partial charge in [-0.15, -0.1) is 11.3 Å². The van der Waals surface area contributed by atoms with Crippen LogP contribution in [-0.2, 0) is 0 Å². The Hall–Kier alpha value is -1.85. The van der Waals surface area contributed by atoms with Gasteiger partial charge in [0, 0.05) is 17.0 Å². The molecule has 3 rings (SSSR count). The summed E-state index contributed by atoms with van der Waals surface area (Å²) in [5, 5.41) is 5.29. The van der Waals surface area contributed by atoms with Gasteiger partial charge < -0.3 is 10.1 Å². The Kier molecular flexibility index (Phi) is 8.37. The number of carbonyl (C=O) groups is 1. The van der Waals surface area contributed by atoms with Gasteiger partial charge in [-0.2, -0.15) is 0 Å². The van der Waals surface area contributed by atoms with Gasteiger partial charge in [0.15, 0.2) is 0 Å². The molecular weight excluding hydrogens is 368 g/mol. The van der Waals surface area contributed by atoms with E-state index in [1.165, 1.54) is 30.6 Å². The fourth-order valence-corrected chi connectivity index (χ4v) is 4.51. The van der Waals surface area contributed by atoms with Crippen molar-refractivity contribution in [2.24, 2.45) is 0 Å². The van der Waals surface area contributed by atoms with E-state index >= 15 is 0 Å². The summed E-state index contributed by atoms with van der Waals surface area (Å²) in [6, 6.07) is 12.1. The standard InChI is InChI=1S/C23H32N2O2S/c1-2-3-15-27-20-11-8-10-19(17-20)23(26)24-18-21(22-12-9-16-28-22)25-13-6-4-5-7-14-25/h8-12,16-17,21H,2-7,13-15,18H2,1H3,(H,24,26). The molecule has 1 unspecified atom stereocenters. The Morgan fingerprint density at radius 2 is 2.00 bits per heavy atom. The van der Waals surface area contributed by atoms with Crippen molar-refractivity contribution in [3.05, 3.63) is 52.2 Å². The predicted molar refractivity (Wildman–Crippen MR) is 116 cm³/mol. The molecule has 2 heterocycles. The summed E-state index contributed by atoms with van der Waals surface area (Å²) in [6.07, 6.45) is 7.23. The van der Waals surface area contributed by atoms with E-state index in [9.17, 15) is 4.79 Å². The highest BCUT2D eigenvalue weighted by Crippen LogP contribution is 2.27. The number of hydrogen-bond acceptors (Lipinski definition) is 4. The molecule has 1 aromatic heterocycles. The van der Waals surface area contributed by atoms with Crippen LogP contribution in [0.5, 0.6) is 5.75 Å². The van der Waals surface area contributed by atoms with E-state index < -0.39 is 0 Å². The minimum Gasteiger partial charge on any atom is -0.494 e. The zero-order chi connectivity index (χ0) is 19.6. The molecule has 0 bridgehead atoms. The Morgan fingerprint density at radius 3 is 2.71 bits per heavy atom. The zero-order valence-electron chi connectivity index (χ0n) is 16.9. The van der Waals surface area contributed by atoms with Crippen LogP contribution in [0.25, 0.3) is 0 Å². The molecule has 1 aliphatic rings. The Labute approximate surface area is 172 Å². The maximum atomic E-state index is 12.8. The van der Waals surface area contributed by atoms with E-state index in [1.54, 1.807) is 11.3 Å². The quantitative estimate of drug-likeness (QED) is 0.583. The molecule has 0 spiro atoms. The van der Waals surface area contributed by atoms with Crippen molar-refractivity contribution in [3.8, 4) is 5.75 Å². The van der Waals surface area contributed by atoms with Crippen LogP contribution in [0.4, 0.5) is 0 Å². The van der Waals surface area contributed by atoms with Gasteiger partial charge in [0.25, 0.3) is 5.91 Å². The molecule has 2 aromatic rings. The number of amides is 1. The molecule has 1 N–H and O–H groups in total. The summed E-state index contributed by atoms with van der Waals surface area (Å²) in [5.74, 6) is 0.737. The van der Waals surface area contributed by atoms with Crippen molar-refractivity contribution >= 4 is 17.2 Å². The number of benzene rings is 1. The van der Waals surface area contributed by atoms with Crippen LogP contribution in [-0.4, -0.2) is 37.0 Å². The fourth-order valence-electron chi connectivity index (χ4n) is 3.65. The predicted octanol–water partition coefficient (Wildman–Crippen LogP) is 5.27. The lowest BCUT2D eigenvalue weighted by Gasteiger charge is -2.30. The lowest BCUT2D eigenvalue weighted by Crippen LogP contribution is -2.38. The third-order valence-electron chi connectivity index (χ3n) is 5.27. The molecule has 1 amide bonds. The largest absolute Gasteiger partial charge is 0.494 e. The van der Waals surface area contributed by atoms with E-state index in [0.29, 0.717) is 18.7 Å². The van der Waals surface area contributed by atoms with Crippen LogP contribution in [0, 0.1) is 0 Å². The van der Waals surface area contributed by atoms with Gasteiger partial charge in [-0.1, -0.05) is 38.3 Å². The van der Waals surface area contributed by atoms with Crippen LogP contribution < -0.4 is 10.1 Å². The van der Waals surface area contributed by atoms with Gasteiger partial charge >= 0.3 is 0 Å². The molecule has 1 aromatic carbocycles. The molecule has 1 aliphatic heterocycles. The van der Waals surface area contributed by atoms with Crippen molar-refractivity contribution in [1.82, 2.24) is 10.2 Å². The maximum absolute atomic E-state index is 12.8. The van der Waals surface area contributed by atoms with Crippen LogP contribution in [0.1, 0.15) is 66.7 Å². The SMILES string of the molecule is CCCCOc1cccc(C(=O)NCC(c2cccs2)N2CCCCCC2)c1. The highest BCUT2D eigenvalue weighted by Gasteiger charge is 2.23. The Morgan fingerprint density at radius 1 is 1.18 bits per heavy atom. The molecule has 1 fully saturated rings. The molecule has 1 saturated heterocycles. The van der Waals surface area contributed by atoms with Crippen LogP contribution in [0.3, 0.4) is 0 Å². The number of nitrogens with one attached hydrogen (secondary N) is 1. The van der Waals surface area contributed by atoms with Crippen LogP contribution in [0.2, 0.25) is 0 Å². The van der Waals surface area contributed by atoms with Gasteiger partial charge in [-0.05, 0) is 62.0 Å². The molecular formula is C23H32N2O2S.